The molecule has 0 amide bonds. The van der Waals surface area contributed by atoms with E-state index in [1.165, 1.54) is 11.1 Å². The lowest BCUT2D eigenvalue weighted by molar-refractivity contribution is -0.186. The van der Waals surface area contributed by atoms with Crippen LogP contribution in [0.5, 0.6) is 0 Å². The Bertz CT molecular complexity index is 915. The number of allylic oxidation sites excluding steroid dienone is 6. The lowest BCUT2D eigenvalue weighted by Crippen LogP contribution is -2.51. The SMILES string of the molecule is CC(=O)[C@H](C)C[C@H](C)/C=C/C[C@H](C)/C=C(\C)CC/C=C(\C)CCC(=O)C[C@H](O)[C@@H](C)[C@@H]1OC(=O)[C@@H](C)[C@H](O)[C@@H]1C. The third-order valence-electron chi connectivity index (χ3n) is 8.55. The van der Waals surface area contributed by atoms with Gasteiger partial charge in [0.25, 0.3) is 0 Å². The Morgan fingerprint density at radius 2 is 1.62 bits per heavy atom. The van der Waals surface area contributed by atoms with E-state index in [1.54, 1.807) is 20.8 Å². The standard InChI is InChI=1S/C34H56O6/c1-21(12-10-13-22(2)18-23(3)14-11-15-24(4)19-25(5)29(9)35)16-17-30(36)20-31(37)26(6)33-27(7)32(38)28(8)34(39)40-33/h11-12,15,18,23-28,31-33,37-38H,10,13-14,16-17,19-20H2,1-9H3/b15-11+,21-12+,22-18+/t23-,24+,25+,26+,27-,28-,31-,32+,33-/m0/s1. The molecule has 40 heavy (non-hydrogen) atoms. The second-order valence-electron chi connectivity index (χ2n) is 12.7. The molecule has 0 aromatic rings. The predicted octanol–water partition coefficient (Wildman–Crippen LogP) is 6.79. The van der Waals surface area contributed by atoms with Crippen molar-refractivity contribution in [2.24, 2.45) is 35.5 Å². The average Bonchev–Trinajstić information content (AvgIpc) is 2.87. The zero-order valence-electron chi connectivity index (χ0n) is 26.5. The highest BCUT2D eigenvalue weighted by atomic mass is 16.6. The Kier molecular flexibility index (Phi) is 15.9. The van der Waals surface area contributed by atoms with Crippen LogP contribution in [-0.4, -0.2) is 46.1 Å². The number of ketones is 2. The molecular weight excluding hydrogens is 504 g/mol. The fourth-order valence-corrected chi connectivity index (χ4v) is 5.41. The summed E-state index contributed by atoms with van der Waals surface area (Å²) in [5.41, 5.74) is 2.52. The first-order valence-electron chi connectivity index (χ1n) is 15.2. The van der Waals surface area contributed by atoms with Crippen molar-refractivity contribution < 1.29 is 29.3 Å². The van der Waals surface area contributed by atoms with E-state index in [9.17, 15) is 24.6 Å². The van der Waals surface area contributed by atoms with Crippen LogP contribution in [0.3, 0.4) is 0 Å². The molecule has 1 heterocycles. The van der Waals surface area contributed by atoms with Gasteiger partial charge in [0, 0.05) is 30.6 Å². The van der Waals surface area contributed by atoms with Crippen LogP contribution in [-0.2, 0) is 19.1 Å². The maximum Gasteiger partial charge on any atom is 0.311 e. The number of cyclic esters (lactones) is 1. The van der Waals surface area contributed by atoms with Crippen molar-refractivity contribution in [2.75, 3.05) is 0 Å². The minimum atomic E-state index is -0.922. The number of carbonyl (C=O) groups is 3. The average molecular weight is 561 g/mol. The summed E-state index contributed by atoms with van der Waals surface area (Å²) in [4.78, 5) is 36.0. The van der Waals surface area contributed by atoms with E-state index in [0.717, 1.165) is 25.7 Å². The summed E-state index contributed by atoms with van der Waals surface area (Å²) >= 11 is 0. The van der Waals surface area contributed by atoms with Gasteiger partial charge in [-0.15, -0.1) is 0 Å². The van der Waals surface area contributed by atoms with Crippen LogP contribution >= 0.6 is 0 Å². The highest BCUT2D eigenvalue weighted by Crippen LogP contribution is 2.32. The van der Waals surface area contributed by atoms with Gasteiger partial charge in [0.2, 0.25) is 0 Å². The molecular formula is C34H56O6. The van der Waals surface area contributed by atoms with Gasteiger partial charge in [-0.25, -0.2) is 0 Å². The predicted molar refractivity (Wildman–Crippen MR) is 162 cm³/mol. The molecule has 0 saturated carbocycles. The van der Waals surface area contributed by atoms with E-state index in [0.29, 0.717) is 24.7 Å². The number of aliphatic hydroxyl groups excluding tert-OH is 2. The highest BCUT2D eigenvalue weighted by molar-refractivity contribution is 5.79. The zero-order chi connectivity index (χ0) is 30.6. The van der Waals surface area contributed by atoms with E-state index < -0.39 is 36.1 Å². The molecule has 1 aliphatic rings. The van der Waals surface area contributed by atoms with Gasteiger partial charge in [0.1, 0.15) is 17.7 Å². The van der Waals surface area contributed by atoms with Crippen LogP contribution in [0.25, 0.3) is 0 Å². The first kappa shape index (κ1) is 36.0. The van der Waals surface area contributed by atoms with Crippen LogP contribution in [0.15, 0.2) is 35.5 Å². The number of Topliss-reactive ketones (excluding diaryl/α,β-unsaturated/α-hetero) is 2. The van der Waals surface area contributed by atoms with Crippen molar-refractivity contribution in [2.45, 2.75) is 126 Å². The number of hydrogen-bond acceptors (Lipinski definition) is 6. The zero-order valence-corrected chi connectivity index (χ0v) is 26.5. The van der Waals surface area contributed by atoms with E-state index in [-0.39, 0.29) is 29.8 Å². The minimum absolute atomic E-state index is 0.0150. The first-order chi connectivity index (χ1) is 18.6. The molecule has 6 heteroatoms. The van der Waals surface area contributed by atoms with E-state index in [1.807, 2.05) is 20.8 Å². The summed E-state index contributed by atoms with van der Waals surface area (Å²) in [6.07, 6.45) is 11.5. The van der Waals surface area contributed by atoms with Gasteiger partial charge < -0.3 is 14.9 Å². The molecule has 0 aliphatic carbocycles. The lowest BCUT2D eigenvalue weighted by Gasteiger charge is -2.40. The molecule has 228 valence electrons. The molecule has 9 atom stereocenters. The minimum Gasteiger partial charge on any atom is -0.461 e. The van der Waals surface area contributed by atoms with Crippen LogP contribution in [0.4, 0.5) is 0 Å². The van der Waals surface area contributed by atoms with Crippen molar-refractivity contribution in [3.8, 4) is 0 Å². The molecule has 0 radical (unpaired) electrons. The normalized spacial score (nSPS) is 26.2. The molecule has 1 aliphatic heterocycles. The summed E-state index contributed by atoms with van der Waals surface area (Å²) in [6.45, 7) is 17.5. The van der Waals surface area contributed by atoms with Gasteiger partial charge >= 0.3 is 5.97 Å². The lowest BCUT2D eigenvalue weighted by atomic mass is 9.79. The van der Waals surface area contributed by atoms with Crippen molar-refractivity contribution in [3.63, 3.8) is 0 Å². The number of rotatable bonds is 17. The molecule has 0 unspecified atom stereocenters. The van der Waals surface area contributed by atoms with Gasteiger partial charge in [0.15, 0.2) is 0 Å². The van der Waals surface area contributed by atoms with Gasteiger partial charge in [-0.2, -0.15) is 0 Å². The second kappa shape index (κ2) is 17.7. The Morgan fingerprint density at radius 3 is 2.25 bits per heavy atom. The molecule has 0 spiro atoms. The summed E-state index contributed by atoms with van der Waals surface area (Å²) in [7, 11) is 0. The highest BCUT2D eigenvalue weighted by Gasteiger charge is 2.44. The van der Waals surface area contributed by atoms with Crippen molar-refractivity contribution in [3.05, 3.63) is 35.5 Å². The van der Waals surface area contributed by atoms with Crippen LogP contribution in [0, 0.1) is 35.5 Å². The Labute approximate surface area is 243 Å². The van der Waals surface area contributed by atoms with Gasteiger partial charge in [0.05, 0.1) is 18.1 Å². The Balaban J connectivity index is 2.40. The quantitative estimate of drug-likeness (QED) is 0.150. The number of esters is 1. The fourth-order valence-electron chi connectivity index (χ4n) is 5.41. The number of ether oxygens (including phenoxy) is 1. The van der Waals surface area contributed by atoms with Gasteiger partial charge in [-0.05, 0) is 71.6 Å². The number of hydrogen-bond donors (Lipinski definition) is 2. The largest absolute Gasteiger partial charge is 0.461 e. The van der Waals surface area contributed by atoms with E-state index in [2.05, 4.69) is 45.1 Å². The molecule has 0 aromatic heterocycles. The maximum absolute atomic E-state index is 12.5. The van der Waals surface area contributed by atoms with Crippen LogP contribution < -0.4 is 0 Å². The van der Waals surface area contributed by atoms with Gasteiger partial charge in [-0.3, -0.25) is 14.4 Å². The number of carbonyl (C=O) groups excluding carboxylic acids is 3. The fraction of sp³-hybridized carbons (Fsp3) is 0.735. The Hall–Kier alpha value is -2.05. The molecule has 1 saturated heterocycles. The van der Waals surface area contributed by atoms with E-state index in [4.69, 9.17) is 4.74 Å². The molecule has 0 bridgehead atoms. The van der Waals surface area contributed by atoms with Crippen molar-refractivity contribution in [1.29, 1.82) is 0 Å². The van der Waals surface area contributed by atoms with Crippen LogP contribution in [0.1, 0.15) is 107 Å². The third-order valence-corrected chi connectivity index (χ3v) is 8.55. The Morgan fingerprint density at radius 1 is 0.975 bits per heavy atom. The molecule has 0 aromatic carbocycles. The first-order valence-corrected chi connectivity index (χ1v) is 15.2. The summed E-state index contributed by atoms with van der Waals surface area (Å²) < 4.78 is 5.48. The summed E-state index contributed by atoms with van der Waals surface area (Å²) in [5.74, 6) is -0.568. The van der Waals surface area contributed by atoms with Crippen molar-refractivity contribution >= 4 is 17.5 Å². The van der Waals surface area contributed by atoms with Crippen molar-refractivity contribution in [1.82, 2.24) is 0 Å². The maximum atomic E-state index is 12.5. The number of aliphatic hydroxyl groups is 2. The third kappa shape index (κ3) is 12.6. The summed E-state index contributed by atoms with van der Waals surface area (Å²) in [6, 6.07) is 0. The van der Waals surface area contributed by atoms with Crippen LogP contribution in [0.2, 0.25) is 0 Å². The molecule has 2 N–H and O–H groups in total. The molecule has 6 nitrogen and oxygen atoms in total. The smallest absolute Gasteiger partial charge is 0.311 e. The van der Waals surface area contributed by atoms with Gasteiger partial charge in [-0.1, -0.05) is 70.1 Å². The molecule has 1 rings (SSSR count). The van der Waals surface area contributed by atoms with E-state index >= 15 is 0 Å². The second-order valence-corrected chi connectivity index (χ2v) is 12.7. The topological polar surface area (TPSA) is 101 Å². The monoisotopic (exact) mass is 560 g/mol. The molecule has 1 fully saturated rings. The summed E-state index contributed by atoms with van der Waals surface area (Å²) in [5, 5.41) is 21.0.